The van der Waals surface area contributed by atoms with Crippen LogP contribution in [-0.4, -0.2) is 78.5 Å². The first-order valence-electron chi connectivity index (χ1n) is 10.8. The average molecular weight is 435 g/mol. The monoisotopic (exact) mass is 434 g/mol. The summed E-state index contributed by atoms with van der Waals surface area (Å²) >= 11 is 1.36. The fraction of sp³-hybridized carbons (Fsp3) is 0.667. The van der Waals surface area contributed by atoms with Gasteiger partial charge in [-0.1, -0.05) is 6.07 Å². The normalized spacial score (nSPS) is 26.0. The fourth-order valence-electron chi connectivity index (χ4n) is 4.36. The van der Waals surface area contributed by atoms with Crippen LogP contribution in [0.4, 0.5) is 0 Å². The van der Waals surface area contributed by atoms with E-state index in [4.69, 9.17) is 10.5 Å². The van der Waals surface area contributed by atoms with Crippen LogP contribution in [0.2, 0.25) is 0 Å². The van der Waals surface area contributed by atoms with E-state index in [1.807, 2.05) is 16.3 Å². The number of rotatable bonds is 8. The Hall–Kier alpha value is -1.97. The minimum atomic E-state index is -0.602. The molecule has 0 aromatic carbocycles. The van der Waals surface area contributed by atoms with Crippen LogP contribution in [0.1, 0.15) is 41.8 Å². The third-order valence-corrected chi connectivity index (χ3v) is 6.95. The number of amides is 3. The van der Waals surface area contributed by atoms with Gasteiger partial charge in [-0.2, -0.15) is 0 Å². The van der Waals surface area contributed by atoms with Crippen LogP contribution < -0.4 is 11.1 Å². The van der Waals surface area contributed by atoms with E-state index in [0.29, 0.717) is 37.5 Å². The third-order valence-electron chi connectivity index (χ3n) is 6.09. The summed E-state index contributed by atoms with van der Waals surface area (Å²) in [7, 11) is 0. The van der Waals surface area contributed by atoms with Crippen molar-refractivity contribution in [3.8, 4) is 0 Å². The van der Waals surface area contributed by atoms with Gasteiger partial charge in [0.05, 0.1) is 17.0 Å². The van der Waals surface area contributed by atoms with Crippen LogP contribution in [0.5, 0.6) is 0 Å². The molecule has 3 heterocycles. The first kappa shape index (κ1) is 21.3. The number of nitrogens with zero attached hydrogens (tertiary/aromatic N) is 2. The molecular weight excluding hydrogens is 404 g/mol. The molecule has 3 amide bonds. The lowest BCUT2D eigenvalue weighted by atomic mass is 10.1. The van der Waals surface area contributed by atoms with Crippen molar-refractivity contribution in [3.05, 3.63) is 22.4 Å². The maximum absolute atomic E-state index is 13.1. The Kier molecular flexibility index (Phi) is 6.70. The molecule has 1 aliphatic carbocycles. The standard InChI is InChI=1S/C21H30N4O4S/c22-7-8-23-19(26)17-11-15(12-25(17)21(28)18-4-2-10-30-18)24(20(27)14-5-6-14)13-16-3-1-9-29-16/h2,4,10,14-17H,1,3,5-9,11-13,22H2,(H,23,26). The van der Waals surface area contributed by atoms with Gasteiger partial charge in [0.2, 0.25) is 11.8 Å². The van der Waals surface area contributed by atoms with Gasteiger partial charge in [0, 0.05) is 38.7 Å². The maximum atomic E-state index is 13.1. The molecule has 2 aliphatic heterocycles. The summed E-state index contributed by atoms with van der Waals surface area (Å²) in [5.74, 6) is -0.139. The minimum Gasteiger partial charge on any atom is -0.376 e. The van der Waals surface area contributed by atoms with Gasteiger partial charge in [0.25, 0.3) is 5.91 Å². The Morgan fingerprint density at radius 1 is 1.30 bits per heavy atom. The zero-order chi connectivity index (χ0) is 21.1. The summed E-state index contributed by atoms with van der Waals surface area (Å²) in [5.41, 5.74) is 5.53. The lowest BCUT2D eigenvalue weighted by molar-refractivity contribution is -0.136. The topological polar surface area (TPSA) is 105 Å². The van der Waals surface area contributed by atoms with Gasteiger partial charge in [-0.05, 0) is 43.6 Å². The fourth-order valence-corrected chi connectivity index (χ4v) is 5.04. The number of carbonyl (C=O) groups excluding carboxylic acids is 3. The summed E-state index contributed by atoms with van der Waals surface area (Å²) in [6.45, 7) is 2.34. The molecule has 3 N–H and O–H groups in total. The van der Waals surface area contributed by atoms with E-state index in [1.54, 1.807) is 11.0 Å². The van der Waals surface area contributed by atoms with Gasteiger partial charge >= 0.3 is 0 Å². The van der Waals surface area contributed by atoms with Crippen molar-refractivity contribution in [1.82, 2.24) is 15.1 Å². The molecular formula is C21H30N4O4S. The number of nitrogens with one attached hydrogen (secondary N) is 1. The van der Waals surface area contributed by atoms with Crippen molar-refractivity contribution in [1.29, 1.82) is 0 Å². The maximum Gasteiger partial charge on any atom is 0.264 e. The van der Waals surface area contributed by atoms with Crippen molar-refractivity contribution in [2.45, 2.75) is 50.3 Å². The van der Waals surface area contributed by atoms with Crippen molar-refractivity contribution in [3.63, 3.8) is 0 Å². The molecule has 4 rings (SSSR count). The SMILES string of the molecule is NCCNC(=O)C1CC(N(CC2CCCO2)C(=O)C2CC2)CN1C(=O)c1cccs1. The number of ether oxygens (including phenoxy) is 1. The van der Waals surface area contributed by atoms with Crippen LogP contribution >= 0.6 is 11.3 Å². The molecule has 1 aromatic heterocycles. The highest BCUT2D eigenvalue weighted by Gasteiger charge is 2.46. The lowest BCUT2D eigenvalue weighted by Crippen LogP contribution is -2.47. The van der Waals surface area contributed by atoms with Gasteiger partial charge in [-0.3, -0.25) is 14.4 Å². The summed E-state index contributed by atoms with van der Waals surface area (Å²) in [5, 5.41) is 4.67. The van der Waals surface area contributed by atoms with Gasteiger partial charge in [-0.25, -0.2) is 0 Å². The minimum absolute atomic E-state index is 0.0410. The first-order valence-corrected chi connectivity index (χ1v) is 11.7. The second-order valence-electron chi connectivity index (χ2n) is 8.32. The van der Waals surface area contributed by atoms with Gasteiger partial charge in [0.15, 0.2) is 0 Å². The summed E-state index contributed by atoms with van der Waals surface area (Å²) in [6.07, 6.45) is 4.28. The quantitative estimate of drug-likeness (QED) is 0.630. The lowest BCUT2D eigenvalue weighted by Gasteiger charge is -2.31. The van der Waals surface area contributed by atoms with E-state index in [-0.39, 0.29) is 35.8 Å². The van der Waals surface area contributed by atoms with Gasteiger partial charge < -0.3 is 25.6 Å². The molecule has 0 bridgehead atoms. The highest BCUT2D eigenvalue weighted by molar-refractivity contribution is 7.12. The van der Waals surface area contributed by atoms with E-state index < -0.39 is 6.04 Å². The van der Waals surface area contributed by atoms with Crippen molar-refractivity contribution < 1.29 is 19.1 Å². The van der Waals surface area contributed by atoms with Crippen LogP contribution in [0.15, 0.2) is 17.5 Å². The smallest absolute Gasteiger partial charge is 0.264 e. The Balaban J connectivity index is 1.54. The van der Waals surface area contributed by atoms with Crippen molar-refractivity contribution >= 4 is 29.1 Å². The highest BCUT2D eigenvalue weighted by Crippen LogP contribution is 2.35. The number of hydrogen-bond acceptors (Lipinski definition) is 6. The van der Waals surface area contributed by atoms with E-state index in [1.165, 1.54) is 11.3 Å². The zero-order valence-corrected chi connectivity index (χ0v) is 17.9. The van der Waals surface area contributed by atoms with Crippen molar-refractivity contribution in [2.24, 2.45) is 11.7 Å². The van der Waals surface area contributed by atoms with E-state index in [9.17, 15) is 14.4 Å². The molecule has 3 unspecified atom stereocenters. The third kappa shape index (κ3) is 4.68. The van der Waals surface area contributed by atoms with E-state index in [2.05, 4.69) is 5.32 Å². The summed E-state index contributed by atoms with van der Waals surface area (Å²) in [4.78, 5) is 43.2. The van der Waals surface area contributed by atoms with Crippen LogP contribution in [0.3, 0.4) is 0 Å². The second-order valence-corrected chi connectivity index (χ2v) is 9.27. The molecule has 30 heavy (non-hydrogen) atoms. The summed E-state index contributed by atoms with van der Waals surface area (Å²) in [6, 6.07) is 2.82. The molecule has 3 atom stereocenters. The number of carbonyl (C=O) groups is 3. The van der Waals surface area contributed by atoms with E-state index >= 15 is 0 Å². The van der Waals surface area contributed by atoms with Crippen LogP contribution in [-0.2, 0) is 14.3 Å². The molecule has 9 heteroatoms. The molecule has 0 radical (unpaired) electrons. The molecule has 8 nitrogen and oxygen atoms in total. The molecule has 3 aliphatic rings. The first-order chi connectivity index (χ1) is 14.6. The molecule has 3 fully saturated rings. The molecule has 164 valence electrons. The van der Waals surface area contributed by atoms with Gasteiger partial charge in [-0.15, -0.1) is 11.3 Å². The molecule has 1 aromatic rings. The number of likely N-dealkylation sites (tertiary alicyclic amines) is 1. The molecule has 0 spiro atoms. The average Bonchev–Trinajstić information content (AvgIpc) is 3.18. The number of nitrogens with two attached hydrogens (primary N) is 1. The zero-order valence-electron chi connectivity index (χ0n) is 17.1. The Bertz CT molecular complexity index is 761. The van der Waals surface area contributed by atoms with E-state index in [0.717, 1.165) is 32.3 Å². The Morgan fingerprint density at radius 3 is 2.77 bits per heavy atom. The molecule has 2 saturated heterocycles. The Morgan fingerprint density at radius 2 is 2.13 bits per heavy atom. The number of hydrogen-bond donors (Lipinski definition) is 2. The predicted molar refractivity (Wildman–Crippen MR) is 113 cm³/mol. The highest BCUT2D eigenvalue weighted by atomic mass is 32.1. The largest absolute Gasteiger partial charge is 0.376 e. The summed E-state index contributed by atoms with van der Waals surface area (Å²) < 4.78 is 5.79. The second kappa shape index (κ2) is 9.45. The predicted octanol–water partition coefficient (Wildman–Crippen LogP) is 0.824. The van der Waals surface area contributed by atoms with Crippen molar-refractivity contribution in [2.75, 3.05) is 32.8 Å². The number of thiophene rings is 1. The van der Waals surface area contributed by atoms with Crippen LogP contribution in [0, 0.1) is 5.92 Å². The Labute approximate surface area is 180 Å². The molecule has 1 saturated carbocycles. The van der Waals surface area contributed by atoms with Gasteiger partial charge in [0.1, 0.15) is 6.04 Å². The van der Waals surface area contributed by atoms with Crippen LogP contribution in [0.25, 0.3) is 0 Å².